The number of rotatable bonds is 3. The third-order valence-corrected chi connectivity index (χ3v) is 0.910. The third kappa shape index (κ3) is 2.75. The molecule has 0 aliphatic rings. The SMILES string of the molecule is C=CC=C(OC)C(=C)C. The maximum absolute atomic E-state index is 4.94. The van der Waals surface area contributed by atoms with Gasteiger partial charge in [-0.1, -0.05) is 19.2 Å². The Morgan fingerprint density at radius 2 is 2.11 bits per heavy atom. The maximum Gasteiger partial charge on any atom is 0.121 e. The van der Waals surface area contributed by atoms with Gasteiger partial charge in [0.25, 0.3) is 0 Å². The third-order valence-electron chi connectivity index (χ3n) is 0.910. The molecule has 0 radical (unpaired) electrons. The van der Waals surface area contributed by atoms with E-state index in [9.17, 15) is 0 Å². The molecule has 9 heavy (non-hydrogen) atoms. The van der Waals surface area contributed by atoms with Gasteiger partial charge >= 0.3 is 0 Å². The summed E-state index contributed by atoms with van der Waals surface area (Å²) < 4.78 is 4.94. The Hall–Kier alpha value is -0.980. The van der Waals surface area contributed by atoms with Crippen molar-refractivity contribution in [3.8, 4) is 0 Å². The second kappa shape index (κ2) is 3.96. The second-order valence-corrected chi connectivity index (χ2v) is 1.75. The van der Waals surface area contributed by atoms with Gasteiger partial charge in [-0.2, -0.15) is 0 Å². The minimum atomic E-state index is 0.782. The Morgan fingerprint density at radius 3 is 2.22 bits per heavy atom. The molecule has 0 saturated carbocycles. The molecule has 0 aromatic rings. The van der Waals surface area contributed by atoms with Crippen LogP contribution < -0.4 is 0 Å². The van der Waals surface area contributed by atoms with Crippen molar-refractivity contribution in [2.24, 2.45) is 0 Å². The van der Waals surface area contributed by atoms with Crippen molar-refractivity contribution < 1.29 is 4.74 Å². The van der Waals surface area contributed by atoms with Crippen molar-refractivity contribution in [3.05, 3.63) is 36.6 Å². The monoisotopic (exact) mass is 124 g/mol. The smallest absolute Gasteiger partial charge is 0.121 e. The standard InChI is InChI=1S/C8H12O/c1-5-6-8(9-4)7(2)3/h5-6H,1-2H2,3-4H3. The summed E-state index contributed by atoms with van der Waals surface area (Å²) >= 11 is 0. The first-order valence-corrected chi connectivity index (χ1v) is 2.75. The summed E-state index contributed by atoms with van der Waals surface area (Å²) in [5.41, 5.74) is 0.914. The molecule has 0 bridgehead atoms. The highest BCUT2D eigenvalue weighted by Gasteiger charge is 1.91. The molecule has 0 atom stereocenters. The summed E-state index contributed by atoms with van der Waals surface area (Å²) in [6.07, 6.45) is 3.45. The predicted molar refractivity (Wildman–Crippen MR) is 40.1 cm³/mol. The van der Waals surface area contributed by atoms with Crippen molar-refractivity contribution in [1.29, 1.82) is 0 Å². The fraction of sp³-hybridized carbons (Fsp3) is 0.250. The largest absolute Gasteiger partial charge is 0.497 e. The van der Waals surface area contributed by atoms with E-state index in [0.29, 0.717) is 0 Å². The van der Waals surface area contributed by atoms with Crippen molar-refractivity contribution >= 4 is 0 Å². The first-order valence-electron chi connectivity index (χ1n) is 2.75. The van der Waals surface area contributed by atoms with Crippen LogP contribution in [0.1, 0.15) is 6.92 Å². The molecule has 0 heterocycles. The molecule has 0 unspecified atom stereocenters. The topological polar surface area (TPSA) is 9.23 Å². The minimum absolute atomic E-state index is 0.782. The van der Waals surface area contributed by atoms with Crippen LogP contribution in [0.4, 0.5) is 0 Å². The summed E-state index contributed by atoms with van der Waals surface area (Å²) in [6, 6.07) is 0. The Balaban J connectivity index is 4.14. The van der Waals surface area contributed by atoms with Gasteiger partial charge in [-0.05, 0) is 18.6 Å². The molecule has 0 aliphatic heterocycles. The van der Waals surface area contributed by atoms with E-state index in [1.54, 1.807) is 19.3 Å². The molecular formula is C8H12O. The van der Waals surface area contributed by atoms with Crippen LogP contribution in [0.5, 0.6) is 0 Å². The predicted octanol–water partition coefficient (Wildman–Crippen LogP) is 2.28. The number of hydrogen-bond donors (Lipinski definition) is 0. The zero-order chi connectivity index (χ0) is 7.28. The number of methoxy groups -OCH3 is 1. The Morgan fingerprint density at radius 1 is 1.56 bits per heavy atom. The summed E-state index contributed by atoms with van der Waals surface area (Å²) in [7, 11) is 1.62. The highest BCUT2D eigenvalue weighted by atomic mass is 16.5. The molecule has 0 spiro atoms. The molecule has 1 nitrogen and oxygen atoms in total. The summed E-state index contributed by atoms with van der Waals surface area (Å²) in [5.74, 6) is 0.782. The van der Waals surface area contributed by atoms with Gasteiger partial charge in [0, 0.05) is 0 Å². The summed E-state index contributed by atoms with van der Waals surface area (Å²) in [5, 5.41) is 0. The first kappa shape index (κ1) is 8.02. The van der Waals surface area contributed by atoms with Crippen LogP contribution in [0.25, 0.3) is 0 Å². The Labute approximate surface area is 56.3 Å². The summed E-state index contributed by atoms with van der Waals surface area (Å²) in [6.45, 7) is 9.12. The van der Waals surface area contributed by atoms with Crippen molar-refractivity contribution in [2.45, 2.75) is 6.92 Å². The van der Waals surface area contributed by atoms with Gasteiger partial charge in [0.2, 0.25) is 0 Å². The Kier molecular flexibility index (Phi) is 3.52. The minimum Gasteiger partial charge on any atom is -0.497 e. The first-order chi connectivity index (χ1) is 4.22. The van der Waals surface area contributed by atoms with E-state index in [1.165, 1.54) is 0 Å². The van der Waals surface area contributed by atoms with E-state index in [1.807, 2.05) is 6.92 Å². The molecule has 0 rings (SSSR count). The zero-order valence-corrected chi connectivity index (χ0v) is 5.98. The molecule has 0 aromatic heterocycles. The van der Waals surface area contributed by atoms with Crippen LogP contribution in [0, 0.1) is 0 Å². The molecule has 1 heteroatoms. The van der Waals surface area contributed by atoms with E-state index in [2.05, 4.69) is 13.2 Å². The lowest BCUT2D eigenvalue weighted by atomic mass is 10.3. The average Bonchev–Trinajstić information content (AvgIpc) is 1.82. The van der Waals surface area contributed by atoms with E-state index in [4.69, 9.17) is 4.74 Å². The molecular weight excluding hydrogens is 112 g/mol. The van der Waals surface area contributed by atoms with Crippen molar-refractivity contribution in [2.75, 3.05) is 7.11 Å². The highest BCUT2D eigenvalue weighted by molar-refractivity contribution is 5.23. The van der Waals surface area contributed by atoms with Crippen molar-refractivity contribution in [1.82, 2.24) is 0 Å². The lowest BCUT2D eigenvalue weighted by molar-refractivity contribution is 0.301. The zero-order valence-electron chi connectivity index (χ0n) is 5.98. The van der Waals surface area contributed by atoms with Gasteiger partial charge in [-0.15, -0.1) is 0 Å². The quantitative estimate of drug-likeness (QED) is 0.414. The van der Waals surface area contributed by atoms with E-state index >= 15 is 0 Å². The molecule has 50 valence electrons. The highest BCUT2D eigenvalue weighted by Crippen LogP contribution is 2.05. The van der Waals surface area contributed by atoms with Crippen molar-refractivity contribution in [3.63, 3.8) is 0 Å². The van der Waals surface area contributed by atoms with Gasteiger partial charge in [0.15, 0.2) is 0 Å². The molecule has 0 N–H and O–H groups in total. The summed E-state index contributed by atoms with van der Waals surface area (Å²) in [4.78, 5) is 0. The fourth-order valence-corrected chi connectivity index (χ4v) is 0.492. The van der Waals surface area contributed by atoms with Crippen LogP contribution in [-0.4, -0.2) is 7.11 Å². The van der Waals surface area contributed by atoms with Gasteiger partial charge in [-0.3, -0.25) is 0 Å². The number of ether oxygens (including phenoxy) is 1. The van der Waals surface area contributed by atoms with Crippen LogP contribution in [0.2, 0.25) is 0 Å². The normalized spacial score (nSPS) is 10.7. The number of allylic oxidation sites excluding steroid dienone is 3. The van der Waals surface area contributed by atoms with E-state index in [0.717, 1.165) is 11.3 Å². The maximum atomic E-state index is 4.94. The van der Waals surface area contributed by atoms with Gasteiger partial charge < -0.3 is 4.74 Å². The lowest BCUT2D eigenvalue weighted by Crippen LogP contribution is -1.85. The van der Waals surface area contributed by atoms with E-state index in [-0.39, 0.29) is 0 Å². The fourth-order valence-electron chi connectivity index (χ4n) is 0.492. The van der Waals surface area contributed by atoms with Crippen LogP contribution in [0.15, 0.2) is 36.6 Å². The van der Waals surface area contributed by atoms with Crippen LogP contribution >= 0.6 is 0 Å². The van der Waals surface area contributed by atoms with Crippen LogP contribution in [-0.2, 0) is 4.74 Å². The Bertz CT molecular complexity index is 143. The average molecular weight is 124 g/mol. The molecule has 0 fully saturated rings. The van der Waals surface area contributed by atoms with Gasteiger partial charge in [0.1, 0.15) is 5.76 Å². The number of hydrogen-bond acceptors (Lipinski definition) is 1. The molecule has 0 amide bonds. The van der Waals surface area contributed by atoms with Crippen LogP contribution in [0.3, 0.4) is 0 Å². The van der Waals surface area contributed by atoms with Gasteiger partial charge in [0.05, 0.1) is 7.11 Å². The van der Waals surface area contributed by atoms with Gasteiger partial charge in [-0.25, -0.2) is 0 Å². The van der Waals surface area contributed by atoms with E-state index < -0.39 is 0 Å². The lowest BCUT2D eigenvalue weighted by Gasteiger charge is -2.01. The molecule has 0 aliphatic carbocycles. The molecule has 0 saturated heterocycles. The second-order valence-electron chi connectivity index (χ2n) is 1.75. The molecule has 0 aromatic carbocycles.